The monoisotopic (exact) mass is 410 g/mol. The molecule has 28 heavy (non-hydrogen) atoms. The number of carbonyl (C=O) groups is 1. The van der Waals surface area contributed by atoms with Crippen LogP contribution < -0.4 is 0 Å². The van der Waals surface area contributed by atoms with E-state index in [0.717, 1.165) is 54.1 Å². The zero-order valence-electron chi connectivity index (χ0n) is 15.5. The normalized spacial score (nSPS) is 15.4. The van der Waals surface area contributed by atoms with Crippen molar-refractivity contribution < 1.29 is 4.79 Å². The Bertz CT molecular complexity index is 902. The summed E-state index contributed by atoms with van der Waals surface area (Å²) < 4.78 is 0. The molecule has 2 aromatic heterocycles. The summed E-state index contributed by atoms with van der Waals surface area (Å²) in [6.45, 7) is 4.22. The van der Waals surface area contributed by atoms with Crippen LogP contribution >= 0.6 is 23.1 Å². The number of hydrogen-bond acceptors (Lipinski definition) is 6. The topological polar surface area (TPSA) is 49.3 Å². The fraction of sp³-hybridized carbons (Fsp3) is 0.286. The second-order valence-electron chi connectivity index (χ2n) is 6.62. The fourth-order valence-corrected chi connectivity index (χ4v) is 4.81. The molecular formula is C21H22N4OS2. The number of rotatable bonds is 5. The predicted molar refractivity (Wildman–Crippen MR) is 113 cm³/mol. The molecule has 1 saturated heterocycles. The third-order valence-corrected chi connectivity index (χ3v) is 6.47. The molecule has 1 aromatic carbocycles. The number of amides is 1. The first-order valence-corrected chi connectivity index (χ1v) is 11.1. The fourth-order valence-electron chi connectivity index (χ4n) is 3.26. The van der Waals surface area contributed by atoms with E-state index >= 15 is 0 Å². The Balaban J connectivity index is 1.44. The molecule has 0 aliphatic carbocycles. The van der Waals surface area contributed by atoms with Crippen molar-refractivity contribution >= 4 is 29.0 Å². The van der Waals surface area contributed by atoms with Gasteiger partial charge in [0.05, 0.1) is 12.1 Å². The minimum absolute atomic E-state index is 0.0719. The summed E-state index contributed by atoms with van der Waals surface area (Å²) in [5.41, 5.74) is 0.685. The van der Waals surface area contributed by atoms with E-state index in [4.69, 9.17) is 0 Å². The van der Waals surface area contributed by atoms with Crippen molar-refractivity contribution in [2.24, 2.45) is 0 Å². The molecule has 0 radical (unpaired) electrons. The van der Waals surface area contributed by atoms with Gasteiger partial charge >= 0.3 is 0 Å². The molecule has 5 nitrogen and oxygen atoms in total. The maximum Gasteiger partial charge on any atom is 0.256 e. The van der Waals surface area contributed by atoms with Gasteiger partial charge in [-0.2, -0.15) is 0 Å². The Morgan fingerprint density at radius 1 is 1.00 bits per heavy atom. The summed E-state index contributed by atoms with van der Waals surface area (Å²) in [6.07, 6.45) is 4.57. The van der Waals surface area contributed by atoms with Crippen LogP contribution in [-0.2, 0) is 6.54 Å². The molecule has 1 aliphatic heterocycles. The summed E-state index contributed by atoms with van der Waals surface area (Å²) in [7, 11) is 0. The Kier molecular flexibility index (Phi) is 6.36. The highest BCUT2D eigenvalue weighted by atomic mass is 32.2. The van der Waals surface area contributed by atoms with Crippen molar-refractivity contribution in [1.82, 2.24) is 19.8 Å². The predicted octanol–water partition coefficient (Wildman–Crippen LogP) is 4.04. The van der Waals surface area contributed by atoms with Crippen molar-refractivity contribution in [3.63, 3.8) is 0 Å². The summed E-state index contributed by atoms with van der Waals surface area (Å²) in [5, 5.41) is 3.91. The summed E-state index contributed by atoms with van der Waals surface area (Å²) in [4.78, 5) is 27.5. The second kappa shape index (κ2) is 9.32. The Labute approximate surface area is 173 Å². The van der Waals surface area contributed by atoms with Crippen LogP contribution in [0.2, 0.25) is 0 Å². The Morgan fingerprint density at radius 3 is 2.71 bits per heavy atom. The third kappa shape index (κ3) is 4.79. The van der Waals surface area contributed by atoms with E-state index < -0.39 is 0 Å². The molecule has 1 fully saturated rings. The number of thiazole rings is 1. The van der Waals surface area contributed by atoms with E-state index in [2.05, 4.69) is 14.9 Å². The quantitative estimate of drug-likeness (QED) is 0.635. The lowest BCUT2D eigenvalue weighted by Gasteiger charge is -2.22. The lowest BCUT2D eigenvalue weighted by Crippen LogP contribution is -2.35. The molecule has 1 amide bonds. The first-order chi connectivity index (χ1) is 13.8. The summed E-state index contributed by atoms with van der Waals surface area (Å²) in [5.74, 6) is 0.0719. The zero-order valence-corrected chi connectivity index (χ0v) is 17.2. The van der Waals surface area contributed by atoms with Crippen LogP contribution in [0.3, 0.4) is 0 Å². The van der Waals surface area contributed by atoms with Crippen molar-refractivity contribution in [2.75, 3.05) is 26.2 Å². The molecule has 0 unspecified atom stereocenters. The van der Waals surface area contributed by atoms with E-state index in [1.807, 2.05) is 58.9 Å². The molecule has 0 atom stereocenters. The molecule has 144 valence electrons. The average Bonchev–Trinajstić information content (AvgIpc) is 3.13. The molecule has 0 spiro atoms. The first kappa shape index (κ1) is 19.1. The summed E-state index contributed by atoms with van der Waals surface area (Å²) in [6, 6.07) is 13.8. The maximum absolute atomic E-state index is 13.2. The van der Waals surface area contributed by atoms with Gasteiger partial charge in [0.25, 0.3) is 5.91 Å². The standard InChI is InChI=1S/C21H22N4OS2/c26-21(18-8-4-9-23-20(18)28-17-6-2-1-3-7-17)25-12-5-11-24(13-14-25)16-19-22-10-15-27-19/h1-4,6-10,15H,5,11-14,16H2. The molecule has 3 aromatic rings. The second-order valence-corrected chi connectivity index (χ2v) is 8.66. The molecule has 7 heteroatoms. The zero-order chi connectivity index (χ0) is 19.2. The maximum atomic E-state index is 13.2. The van der Waals surface area contributed by atoms with E-state index in [1.165, 1.54) is 11.8 Å². The van der Waals surface area contributed by atoms with Gasteiger partial charge in [0.2, 0.25) is 0 Å². The number of hydrogen-bond donors (Lipinski definition) is 0. The third-order valence-electron chi connectivity index (χ3n) is 4.68. The van der Waals surface area contributed by atoms with Crippen LogP contribution in [0.1, 0.15) is 21.8 Å². The van der Waals surface area contributed by atoms with Crippen LogP contribution in [0, 0.1) is 0 Å². The van der Waals surface area contributed by atoms with Gasteiger partial charge in [-0.15, -0.1) is 11.3 Å². The van der Waals surface area contributed by atoms with Gasteiger partial charge < -0.3 is 4.90 Å². The number of aromatic nitrogens is 2. The van der Waals surface area contributed by atoms with Crippen LogP contribution in [-0.4, -0.2) is 51.9 Å². The van der Waals surface area contributed by atoms with Crippen LogP contribution in [0.4, 0.5) is 0 Å². The Hall–Kier alpha value is -2.22. The lowest BCUT2D eigenvalue weighted by atomic mass is 10.2. The van der Waals surface area contributed by atoms with E-state index in [1.54, 1.807) is 17.5 Å². The number of nitrogens with zero attached hydrogens (tertiary/aromatic N) is 4. The van der Waals surface area contributed by atoms with Gasteiger partial charge in [0, 0.05) is 48.8 Å². The highest BCUT2D eigenvalue weighted by molar-refractivity contribution is 7.99. The van der Waals surface area contributed by atoms with Crippen LogP contribution in [0.15, 0.2) is 70.2 Å². The molecule has 0 N–H and O–H groups in total. The van der Waals surface area contributed by atoms with Gasteiger partial charge in [0.1, 0.15) is 10.0 Å². The largest absolute Gasteiger partial charge is 0.337 e. The SMILES string of the molecule is O=C(c1cccnc1Sc1ccccc1)N1CCCN(Cc2nccs2)CC1. The highest BCUT2D eigenvalue weighted by Gasteiger charge is 2.23. The molecule has 1 aliphatic rings. The van der Waals surface area contributed by atoms with Crippen LogP contribution in [0.25, 0.3) is 0 Å². The molecule has 0 bridgehead atoms. The smallest absolute Gasteiger partial charge is 0.256 e. The van der Waals surface area contributed by atoms with Gasteiger partial charge in [-0.3, -0.25) is 9.69 Å². The summed E-state index contributed by atoms with van der Waals surface area (Å²) >= 11 is 3.22. The van der Waals surface area contributed by atoms with Gasteiger partial charge in [0.15, 0.2) is 0 Å². The lowest BCUT2D eigenvalue weighted by molar-refractivity contribution is 0.0757. The molecular weight excluding hydrogens is 388 g/mol. The van der Waals surface area contributed by atoms with Gasteiger partial charge in [-0.05, 0) is 30.7 Å². The van der Waals surface area contributed by atoms with Crippen LogP contribution in [0.5, 0.6) is 0 Å². The van der Waals surface area contributed by atoms with Gasteiger partial charge in [-0.1, -0.05) is 30.0 Å². The van der Waals surface area contributed by atoms with Gasteiger partial charge in [-0.25, -0.2) is 9.97 Å². The van der Waals surface area contributed by atoms with Crippen molar-refractivity contribution in [3.05, 3.63) is 70.8 Å². The van der Waals surface area contributed by atoms with Crippen molar-refractivity contribution in [3.8, 4) is 0 Å². The molecule has 0 saturated carbocycles. The van der Waals surface area contributed by atoms with E-state index in [-0.39, 0.29) is 5.91 Å². The highest BCUT2D eigenvalue weighted by Crippen LogP contribution is 2.29. The first-order valence-electron chi connectivity index (χ1n) is 9.37. The molecule has 4 rings (SSSR count). The number of pyridine rings is 1. The minimum atomic E-state index is 0.0719. The van der Waals surface area contributed by atoms with Crippen molar-refractivity contribution in [2.45, 2.75) is 22.9 Å². The number of carbonyl (C=O) groups excluding carboxylic acids is 1. The Morgan fingerprint density at radius 2 is 1.89 bits per heavy atom. The average molecular weight is 411 g/mol. The van der Waals surface area contributed by atoms with E-state index in [9.17, 15) is 4.79 Å². The van der Waals surface area contributed by atoms with E-state index in [0.29, 0.717) is 5.56 Å². The molecule has 3 heterocycles. The van der Waals surface area contributed by atoms with Crippen molar-refractivity contribution in [1.29, 1.82) is 0 Å². The number of benzene rings is 1. The minimum Gasteiger partial charge on any atom is -0.337 e.